The zero-order valence-electron chi connectivity index (χ0n) is 12.0. The summed E-state index contributed by atoms with van der Waals surface area (Å²) in [6.45, 7) is 6.49. The maximum atomic E-state index is 5.68. The topological polar surface area (TPSA) is 77.2 Å². The minimum atomic E-state index is 0.213. The number of nitrogen functional groups attached to an aromatic ring is 1. The van der Waals surface area contributed by atoms with Gasteiger partial charge in [-0.25, -0.2) is 0 Å². The first-order valence-electron chi connectivity index (χ1n) is 6.93. The van der Waals surface area contributed by atoms with Crippen molar-refractivity contribution in [3.05, 3.63) is 0 Å². The second-order valence-corrected chi connectivity index (χ2v) is 5.17. The third-order valence-electron chi connectivity index (χ3n) is 4.41. The average molecular weight is 265 g/mol. The van der Waals surface area contributed by atoms with Crippen molar-refractivity contribution in [2.24, 2.45) is 5.41 Å². The summed E-state index contributed by atoms with van der Waals surface area (Å²) in [7, 11) is 1.54. The summed E-state index contributed by atoms with van der Waals surface area (Å²) in [5, 5.41) is 0. The fourth-order valence-electron chi connectivity index (χ4n) is 2.73. The smallest absolute Gasteiger partial charge is 0.322 e. The molecule has 0 spiro atoms. The normalized spacial score (nSPS) is 18.4. The third-order valence-corrected chi connectivity index (χ3v) is 4.41. The van der Waals surface area contributed by atoms with Gasteiger partial charge in [0.25, 0.3) is 0 Å². The van der Waals surface area contributed by atoms with Crippen LogP contribution in [0.25, 0.3) is 0 Å². The molecule has 2 N–H and O–H groups in total. The van der Waals surface area contributed by atoms with Gasteiger partial charge in [0, 0.05) is 13.1 Å². The molecule has 0 aliphatic carbocycles. The summed E-state index contributed by atoms with van der Waals surface area (Å²) in [4.78, 5) is 14.6. The van der Waals surface area contributed by atoms with Gasteiger partial charge < -0.3 is 15.4 Å². The molecule has 6 heteroatoms. The highest BCUT2D eigenvalue weighted by Gasteiger charge is 2.32. The first-order chi connectivity index (χ1) is 9.12. The number of anilines is 2. The molecular weight excluding hydrogens is 242 g/mol. The first-order valence-corrected chi connectivity index (χ1v) is 6.93. The van der Waals surface area contributed by atoms with Gasteiger partial charge in [-0.3, -0.25) is 0 Å². The molecule has 1 aromatic heterocycles. The van der Waals surface area contributed by atoms with Crippen LogP contribution in [0.4, 0.5) is 11.9 Å². The predicted octanol–water partition coefficient (Wildman–Crippen LogP) is 1.87. The van der Waals surface area contributed by atoms with Gasteiger partial charge in [-0.15, -0.1) is 0 Å². The van der Waals surface area contributed by atoms with Gasteiger partial charge in [-0.2, -0.15) is 15.0 Å². The van der Waals surface area contributed by atoms with Crippen molar-refractivity contribution in [1.29, 1.82) is 0 Å². The Balaban J connectivity index is 2.11. The van der Waals surface area contributed by atoms with Crippen LogP contribution in [0.3, 0.4) is 0 Å². The van der Waals surface area contributed by atoms with E-state index in [2.05, 4.69) is 33.7 Å². The molecule has 1 aliphatic rings. The predicted molar refractivity (Wildman–Crippen MR) is 75.3 cm³/mol. The number of ether oxygens (including phenoxy) is 1. The van der Waals surface area contributed by atoms with Crippen molar-refractivity contribution in [3.8, 4) is 6.01 Å². The summed E-state index contributed by atoms with van der Waals surface area (Å²) in [5.41, 5.74) is 6.16. The zero-order valence-corrected chi connectivity index (χ0v) is 12.0. The number of hydrogen-bond acceptors (Lipinski definition) is 6. The van der Waals surface area contributed by atoms with Crippen molar-refractivity contribution in [2.45, 2.75) is 39.5 Å². The van der Waals surface area contributed by atoms with Crippen molar-refractivity contribution in [1.82, 2.24) is 15.0 Å². The van der Waals surface area contributed by atoms with Gasteiger partial charge in [0.1, 0.15) is 0 Å². The fourth-order valence-corrected chi connectivity index (χ4v) is 2.73. The molecule has 0 radical (unpaired) electrons. The number of methoxy groups -OCH3 is 1. The van der Waals surface area contributed by atoms with Gasteiger partial charge in [0.05, 0.1) is 7.11 Å². The van der Waals surface area contributed by atoms with Crippen LogP contribution in [0, 0.1) is 5.41 Å². The molecule has 106 valence electrons. The van der Waals surface area contributed by atoms with Crippen molar-refractivity contribution >= 4 is 11.9 Å². The van der Waals surface area contributed by atoms with Crippen LogP contribution >= 0.6 is 0 Å². The molecule has 19 heavy (non-hydrogen) atoms. The van der Waals surface area contributed by atoms with Gasteiger partial charge in [-0.1, -0.05) is 26.7 Å². The van der Waals surface area contributed by atoms with Crippen LogP contribution in [0.15, 0.2) is 0 Å². The molecule has 0 bridgehead atoms. The molecule has 1 fully saturated rings. The lowest BCUT2D eigenvalue weighted by atomic mass is 9.74. The second-order valence-electron chi connectivity index (χ2n) is 5.17. The summed E-state index contributed by atoms with van der Waals surface area (Å²) in [6.07, 6.45) is 4.82. The molecular formula is C13H23N5O. The van der Waals surface area contributed by atoms with E-state index < -0.39 is 0 Å². The number of nitrogens with two attached hydrogens (primary N) is 1. The zero-order chi connectivity index (χ0) is 13.9. The largest absolute Gasteiger partial charge is 0.467 e. The summed E-state index contributed by atoms with van der Waals surface area (Å²) >= 11 is 0. The molecule has 6 nitrogen and oxygen atoms in total. The van der Waals surface area contributed by atoms with E-state index in [1.54, 1.807) is 0 Å². The van der Waals surface area contributed by atoms with Gasteiger partial charge in [0.2, 0.25) is 11.9 Å². The highest BCUT2D eigenvalue weighted by molar-refractivity contribution is 5.36. The Morgan fingerprint density at radius 2 is 1.79 bits per heavy atom. The molecule has 2 heterocycles. The lowest BCUT2D eigenvalue weighted by molar-refractivity contribution is 0.198. The van der Waals surface area contributed by atoms with Crippen molar-refractivity contribution < 1.29 is 4.74 Å². The van der Waals surface area contributed by atoms with Crippen molar-refractivity contribution in [2.75, 3.05) is 30.8 Å². The molecule has 1 aromatic rings. The van der Waals surface area contributed by atoms with Crippen LogP contribution in [0.5, 0.6) is 6.01 Å². The third kappa shape index (κ3) is 2.88. The molecule has 2 rings (SSSR count). The molecule has 0 saturated carbocycles. The second kappa shape index (κ2) is 5.59. The van der Waals surface area contributed by atoms with Crippen LogP contribution in [0.1, 0.15) is 39.5 Å². The van der Waals surface area contributed by atoms with Crippen molar-refractivity contribution in [3.63, 3.8) is 0 Å². The lowest BCUT2D eigenvalue weighted by Gasteiger charge is -2.40. The highest BCUT2D eigenvalue weighted by Crippen LogP contribution is 2.38. The molecule has 1 saturated heterocycles. The number of piperidine rings is 1. The number of rotatable bonds is 4. The Morgan fingerprint density at radius 1 is 1.16 bits per heavy atom. The molecule has 1 aliphatic heterocycles. The van der Waals surface area contributed by atoms with E-state index in [9.17, 15) is 0 Å². The minimum absolute atomic E-state index is 0.213. The lowest BCUT2D eigenvalue weighted by Crippen LogP contribution is -2.40. The Hall–Kier alpha value is -1.59. The van der Waals surface area contributed by atoms with E-state index in [-0.39, 0.29) is 12.0 Å². The SMILES string of the molecule is CCC1(CC)CCN(c2nc(N)nc(OC)n2)CC1. The van der Waals surface area contributed by atoms with E-state index >= 15 is 0 Å². The Kier molecular flexibility index (Phi) is 4.07. The molecule has 0 amide bonds. The molecule has 0 unspecified atom stereocenters. The quantitative estimate of drug-likeness (QED) is 0.895. The van der Waals surface area contributed by atoms with E-state index in [1.165, 1.54) is 32.8 Å². The number of nitrogens with zero attached hydrogens (tertiary/aromatic N) is 4. The number of aromatic nitrogens is 3. The molecule has 0 aromatic carbocycles. The van der Waals surface area contributed by atoms with Gasteiger partial charge >= 0.3 is 6.01 Å². The average Bonchev–Trinajstić information content (AvgIpc) is 2.46. The summed E-state index contributed by atoms with van der Waals surface area (Å²) in [5.74, 6) is 0.842. The van der Waals surface area contributed by atoms with Crippen LogP contribution in [-0.2, 0) is 0 Å². The Morgan fingerprint density at radius 3 is 2.32 bits per heavy atom. The Bertz CT molecular complexity index is 423. The minimum Gasteiger partial charge on any atom is -0.467 e. The monoisotopic (exact) mass is 265 g/mol. The first kappa shape index (κ1) is 13.8. The van der Waals surface area contributed by atoms with E-state index in [0.29, 0.717) is 11.4 Å². The van der Waals surface area contributed by atoms with E-state index in [1.807, 2.05) is 0 Å². The fraction of sp³-hybridized carbons (Fsp3) is 0.769. The molecule has 0 atom stereocenters. The standard InChI is InChI=1S/C13H23N5O/c1-4-13(5-2)6-8-18(9-7-13)11-15-10(14)16-12(17-11)19-3/h4-9H2,1-3H3,(H2,14,15,16,17). The van der Waals surface area contributed by atoms with Crippen LogP contribution in [0.2, 0.25) is 0 Å². The van der Waals surface area contributed by atoms with E-state index in [4.69, 9.17) is 10.5 Å². The maximum Gasteiger partial charge on any atom is 0.322 e. The van der Waals surface area contributed by atoms with Gasteiger partial charge in [0.15, 0.2) is 0 Å². The summed E-state index contributed by atoms with van der Waals surface area (Å²) < 4.78 is 5.04. The van der Waals surface area contributed by atoms with E-state index in [0.717, 1.165) is 13.1 Å². The number of hydrogen-bond donors (Lipinski definition) is 1. The van der Waals surface area contributed by atoms with Gasteiger partial charge in [-0.05, 0) is 18.3 Å². The Labute approximate surface area is 114 Å². The summed E-state index contributed by atoms with van der Waals surface area (Å²) in [6, 6.07) is 0.283. The van der Waals surface area contributed by atoms with Crippen LogP contribution in [-0.4, -0.2) is 35.2 Å². The highest BCUT2D eigenvalue weighted by atomic mass is 16.5. The maximum absolute atomic E-state index is 5.68. The van der Waals surface area contributed by atoms with Crippen LogP contribution < -0.4 is 15.4 Å².